The summed E-state index contributed by atoms with van der Waals surface area (Å²) in [5, 5.41) is 3.66. The number of hydrogen-bond donors (Lipinski definition) is 1. The summed E-state index contributed by atoms with van der Waals surface area (Å²) in [7, 11) is 0. The van der Waals surface area contributed by atoms with E-state index in [0.717, 1.165) is 44.6 Å². The molecule has 3 rings (SSSR count). The lowest BCUT2D eigenvalue weighted by Gasteiger charge is -2.41. The molecule has 2 fully saturated rings. The Morgan fingerprint density at radius 1 is 1.17 bits per heavy atom. The smallest absolute Gasteiger partial charge is 0.127 e. The van der Waals surface area contributed by atoms with Crippen molar-refractivity contribution in [2.24, 2.45) is 5.41 Å². The molecule has 1 N–H and O–H groups in total. The number of carbonyl (C=O) groups is 1. The molecule has 1 aromatic carbocycles. The Bertz CT molecular complexity index is 527. The molecular formula is C20H29FN2O. The van der Waals surface area contributed by atoms with Crippen molar-refractivity contribution in [3.05, 3.63) is 30.1 Å². The van der Waals surface area contributed by atoms with Crippen LogP contribution in [0.2, 0.25) is 0 Å². The van der Waals surface area contributed by atoms with Crippen LogP contribution in [0.1, 0.15) is 51.4 Å². The average Bonchev–Trinajstić information content (AvgIpc) is 2.63. The van der Waals surface area contributed by atoms with Crippen LogP contribution in [-0.4, -0.2) is 32.0 Å². The molecule has 0 radical (unpaired) electrons. The van der Waals surface area contributed by atoms with Crippen LogP contribution in [0.5, 0.6) is 0 Å². The molecule has 1 heterocycles. The maximum Gasteiger partial charge on any atom is 0.127 e. The lowest BCUT2D eigenvalue weighted by Crippen LogP contribution is -2.46. The van der Waals surface area contributed by atoms with Gasteiger partial charge in [-0.1, -0.05) is 19.3 Å². The molecule has 4 heteroatoms. The van der Waals surface area contributed by atoms with Crippen molar-refractivity contribution < 1.29 is 9.18 Å². The Morgan fingerprint density at radius 3 is 2.62 bits per heavy atom. The number of halogens is 1. The van der Waals surface area contributed by atoms with Crippen molar-refractivity contribution in [2.45, 2.75) is 57.4 Å². The summed E-state index contributed by atoms with van der Waals surface area (Å²) in [6.45, 7) is 2.60. The summed E-state index contributed by atoms with van der Waals surface area (Å²) >= 11 is 0. The Hall–Kier alpha value is -1.42. The molecular weight excluding hydrogens is 303 g/mol. The quantitative estimate of drug-likeness (QED) is 0.801. The van der Waals surface area contributed by atoms with Gasteiger partial charge in [-0.3, -0.25) is 0 Å². The molecule has 1 aromatic rings. The highest BCUT2D eigenvalue weighted by atomic mass is 19.1. The molecule has 1 saturated carbocycles. The van der Waals surface area contributed by atoms with E-state index < -0.39 is 0 Å². The second kappa shape index (κ2) is 8.11. The lowest BCUT2D eigenvalue weighted by molar-refractivity contribution is -0.117. The minimum Gasteiger partial charge on any atom is -0.371 e. The third-order valence-corrected chi connectivity index (χ3v) is 5.71. The summed E-state index contributed by atoms with van der Waals surface area (Å²) in [6.07, 6.45) is 10.6. The van der Waals surface area contributed by atoms with Gasteiger partial charge in [-0.05, 0) is 62.9 Å². The molecule has 24 heavy (non-hydrogen) atoms. The fraction of sp³-hybridized carbons (Fsp3) is 0.650. The highest BCUT2D eigenvalue weighted by Gasteiger charge is 2.35. The Balaban J connectivity index is 1.56. The summed E-state index contributed by atoms with van der Waals surface area (Å²) in [4.78, 5) is 14.1. The van der Waals surface area contributed by atoms with Gasteiger partial charge in [0.2, 0.25) is 0 Å². The van der Waals surface area contributed by atoms with Gasteiger partial charge in [0.15, 0.2) is 0 Å². The minimum atomic E-state index is -0.270. The molecule has 0 aromatic heterocycles. The van der Waals surface area contributed by atoms with Crippen LogP contribution in [0.25, 0.3) is 0 Å². The Kier molecular flexibility index (Phi) is 5.88. The molecule has 132 valence electrons. The molecule has 1 saturated heterocycles. The van der Waals surface area contributed by atoms with Gasteiger partial charge < -0.3 is 15.0 Å². The number of piperidine rings is 1. The molecule has 2 aliphatic rings. The van der Waals surface area contributed by atoms with E-state index in [-0.39, 0.29) is 11.2 Å². The van der Waals surface area contributed by atoms with Gasteiger partial charge >= 0.3 is 0 Å². The van der Waals surface area contributed by atoms with Crippen LogP contribution in [0.4, 0.5) is 10.1 Å². The predicted octanol–water partition coefficient (Wildman–Crippen LogP) is 3.92. The SMILES string of the molecule is O=CC1(CCNC2CCCCC2)CCCN(c2ccc(F)cc2)C1. The van der Waals surface area contributed by atoms with Crippen molar-refractivity contribution in [2.75, 3.05) is 24.5 Å². The van der Waals surface area contributed by atoms with Crippen molar-refractivity contribution >= 4 is 12.0 Å². The number of hydrogen-bond acceptors (Lipinski definition) is 3. The zero-order valence-corrected chi connectivity index (χ0v) is 14.5. The molecule has 1 aliphatic carbocycles. The largest absolute Gasteiger partial charge is 0.371 e. The predicted molar refractivity (Wildman–Crippen MR) is 95.8 cm³/mol. The number of nitrogens with zero attached hydrogens (tertiary/aromatic N) is 1. The van der Waals surface area contributed by atoms with Crippen molar-refractivity contribution in [3.8, 4) is 0 Å². The van der Waals surface area contributed by atoms with E-state index >= 15 is 0 Å². The first kappa shape index (κ1) is 17.4. The van der Waals surface area contributed by atoms with Crippen LogP contribution in [0.3, 0.4) is 0 Å². The molecule has 3 nitrogen and oxygen atoms in total. The zero-order chi connectivity index (χ0) is 16.8. The van der Waals surface area contributed by atoms with E-state index in [4.69, 9.17) is 0 Å². The van der Waals surface area contributed by atoms with Gasteiger partial charge in [0.25, 0.3) is 0 Å². The molecule has 0 spiro atoms. The van der Waals surface area contributed by atoms with Gasteiger partial charge in [0.05, 0.1) is 0 Å². The first-order valence-electron chi connectivity index (χ1n) is 9.41. The van der Waals surface area contributed by atoms with Gasteiger partial charge in [0, 0.05) is 30.2 Å². The topological polar surface area (TPSA) is 32.3 Å². The Morgan fingerprint density at radius 2 is 1.92 bits per heavy atom. The maximum absolute atomic E-state index is 13.1. The third-order valence-electron chi connectivity index (χ3n) is 5.71. The normalized spacial score (nSPS) is 25.6. The lowest BCUT2D eigenvalue weighted by atomic mass is 9.78. The minimum absolute atomic E-state index is 0.214. The molecule has 0 amide bonds. The number of aldehydes is 1. The number of carbonyl (C=O) groups excluding carboxylic acids is 1. The molecule has 1 atom stereocenters. The zero-order valence-electron chi connectivity index (χ0n) is 14.5. The van der Waals surface area contributed by atoms with Gasteiger partial charge in [-0.25, -0.2) is 4.39 Å². The molecule has 1 unspecified atom stereocenters. The van der Waals surface area contributed by atoms with Gasteiger partial charge in [0.1, 0.15) is 12.1 Å². The van der Waals surface area contributed by atoms with Gasteiger partial charge in [-0.2, -0.15) is 0 Å². The third kappa shape index (κ3) is 4.35. The van der Waals surface area contributed by atoms with E-state index in [0.29, 0.717) is 6.04 Å². The second-order valence-corrected chi connectivity index (χ2v) is 7.52. The van der Waals surface area contributed by atoms with Crippen LogP contribution in [-0.2, 0) is 4.79 Å². The number of rotatable bonds is 6. The van der Waals surface area contributed by atoms with E-state index in [2.05, 4.69) is 10.2 Å². The maximum atomic E-state index is 13.1. The van der Waals surface area contributed by atoms with Crippen LogP contribution >= 0.6 is 0 Å². The van der Waals surface area contributed by atoms with Crippen molar-refractivity contribution in [3.63, 3.8) is 0 Å². The summed E-state index contributed by atoms with van der Waals surface area (Å²) in [6, 6.07) is 7.26. The van der Waals surface area contributed by atoms with Crippen molar-refractivity contribution in [1.82, 2.24) is 5.32 Å². The van der Waals surface area contributed by atoms with E-state index in [1.165, 1.54) is 50.5 Å². The second-order valence-electron chi connectivity index (χ2n) is 7.52. The highest BCUT2D eigenvalue weighted by Crippen LogP contribution is 2.34. The van der Waals surface area contributed by atoms with Crippen LogP contribution < -0.4 is 10.2 Å². The molecule has 1 aliphatic heterocycles. The first-order chi connectivity index (χ1) is 11.7. The Labute approximate surface area is 144 Å². The number of nitrogens with one attached hydrogen (secondary N) is 1. The summed E-state index contributed by atoms with van der Waals surface area (Å²) in [5.41, 5.74) is 0.747. The van der Waals surface area contributed by atoms with Crippen molar-refractivity contribution in [1.29, 1.82) is 0 Å². The summed E-state index contributed by atoms with van der Waals surface area (Å²) in [5.74, 6) is -0.214. The van der Waals surface area contributed by atoms with Crippen LogP contribution in [0.15, 0.2) is 24.3 Å². The fourth-order valence-corrected chi connectivity index (χ4v) is 4.22. The molecule has 0 bridgehead atoms. The average molecular weight is 332 g/mol. The van der Waals surface area contributed by atoms with E-state index in [1.54, 1.807) is 0 Å². The highest BCUT2D eigenvalue weighted by molar-refractivity contribution is 5.62. The van der Waals surface area contributed by atoms with E-state index in [1.807, 2.05) is 12.1 Å². The van der Waals surface area contributed by atoms with Gasteiger partial charge in [-0.15, -0.1) is 0 Å². The number of anilines is 1. The fourth-order valence-electron chi connectivity index (χ4n) is 4.22. The standard InChI is InChI=1S/C20H29FN2O/c21-17-7-9-19(10-8-17)23-14-4-11-20(15-23,16-24)12-13-22-18-5-2-1-3-6-18/h7-10,16,18,22H,1-6,11-15H2. The van der Waals surface area contributed by atoms with Crippen LogP contribution in [0, 0.1) is 11.2 Å². The van der Waals surface area contributed by atoms with E-state index in [9.17, 15) is 9.18 Å². The first-order valence-corrected chi connectivity index (χ1v) is 9.41. The number of benzene rings is 1. The summed E-state index contributed by atoms with van der Waals surface area (Å²) < 4.78 is 13.1. The monoisotopic (exact) mass is 332 g/mol.